The second-order valence-electron chi connectivity index (χ2n) is 2.98. The van der Waals surface area contributed by atoms with E-state index < -0.39 is 5.97 Å². The van der Waals surface area contributed by atoms with Gasteiger partial charge in [0.05, 0.1) is 11.6 Å². The van der Waals surface area contributed by atoms with Crippen molar-refractivity contribution in [2.24, 2.45) is 0 Å². The Balaban J connectivity index is 2.42. The van der Waals surface area contributed by atoms with E-state index in [2.05, 4.69) is 4.98 Å². The second kappa shape index (κ2) is 2.59. The van der Waals surface area contributed by atoms with Crippen molar-refractivity contribution < 1.29 is 9.90 Å². The molecule has 1 aliphatic carbocycles. The van der Waals surface area contributed by atoms with Crippen LogP contribution in [0.2, 0.25) is 0 Å². The molecule has 0 saturated carbocycles. The lowest BCUT2D eigenvalue weighted by Gasteiger charge is -2.02. The smallest absolute Gasteiger partial charge is 0.312 e. The Morgan fingerprint density at radius 3 is 3.25 bits per heavy atom. The number of aliphatic carboxylic acids is 1. The predicted molar refractivity (Wildman–Crippen MR) is 42.9 cm³/mol. The third kappa shape index (κ3) is 0.978. The van der Waals surface area contributed by atoms with E-state index in [0.29, 0.717) is 6.42 Å². The van der Waals surface area contributed by atoms with Crippen molar-refractivity contribution in [1.29, 1.82) is 0 Å². The summed E-state index contributed by atoms with van der Waals surface area (Å²) in [5, 5.41) is 8.82. The van der Waals surface area contributed by atoms with Crippen molar-refractivity contribution in [2.45, 2.75) is 18.8 Å². The predicted octanol–water partition coefficient (Wildman–Crippen LogP) is 1.20. The van der Waals surface area contributed by atoms with Gasteiger partial charge in [0.1, 0.15) is 0 Å². The van der Waals surface area contributed by atoms with Crippen LogP contribution in [0, 0.1) is 0 Å². The first-order valence-corrected chi connectivity index (χ1v) is 3.95. The van der Waals surface area contributed by atoms with Crippen LogP contribution in [-0.4, -0.2) is 16.1 Å². The van der Waals surface area contributed by atoms with Gasteiger partial charge in [0.25, 0.3) is 0 Å². The maximum atomic E-state index is 10.7. The van der Waals surface area contributed by atoms with Crippen LogP contribution < -0.4 is 0 Å². The van der Waals surface area contributed by atoms with E-state index in [4.69, 9.17) is 5.11 Å². The fourth-order valence-electron chi connectivity index (χ4n) is 1.65. The zero-order valence-electron chi connectivity index (χ0n) is 6.53. The minimum absolute atomic E-state index is 0.374. The summed E-state index contributed by atoms with van der Waals surface area (Å²) in [5.41, 5.74) is 1.84. The Kier molecular flexibility index (Phi) is 1.57. The number of aromatic nitrogens is 1. The molecule has 12 heavy (non-hydrogen) atoms. The van der Waals surface area contributed by atoms with Gasteiger partial charge in [-0.3, -0.25) is 9.78 Å². The zero-order valence-corrected chi connectivity index (χ0v) is 6.53. The molecule has 0 saturated heterocycles. The summed E-state index contributed by atoms with van der Waals surface area (Å²) in [7, 11) is 0. The molecule has 3 heteroatoms. The lowest BCUT2D eigenvalue weighted by molar-refractivity contribution is -0.138. The van der Waals surface area contributed by atoms with Crippen LogP contribution in [0.25, 0.3) is 0 Å². The number of carboxylic acid groups (broad SMARTS) is 1. The lowest BCUT2D eigenvalue weighted by Crippen LogP contribution is -2.08. The van der Waals surface area contributed by atoms with E-state index in [1.807, 2.05) is 12.1 Å². The van der Waals surface area contributed by atoms with E-state index in [1.54, 1.807) is 6.20 Å². The fraction of sp³-hybridized carbons (Fsp3) is 0.333. The van der Waals surface area contributed by atoms with Crippen LogP contribution in [0.5, 0.6) is 0 Å². The van der Waals surface area contributed by atoms with Crippen molar-refractivity contribution in [3.8, 4) is 0 Å². The van der Waals surface area contributed by atoms with Crippen LogP contribution in [-0.2, 0) is 11.2 Å². The van der Waals surface area contributed by atoms with Gasteiger partial charge in [-0.2, -0.15) is 0 Å². The summed E-state index contributed by atoms with van der Waals surface area (Å²) in [6.45, 7) is 0. The normalized spacial score (nSPS) is 20.5. The van der Waals surface area contributed by atoms with Crippen LogP contribution in [0.1, 0.15) is 23.6 Å². The van der Waals surface area contributed by atoms with Gasteiger partial charge in [0.15, 0.2) is 0 Å². The number of fused-ring (bicyclic) bond motifs is 1. The first-order chi connectivity index (χ1) is 5.79. The lowest BCUT2D eigenvalue weighted by atomic mass is 10.1. The fourth-order valence-corrected chi connectivity index (χ4v) is 1.65. The molecule has 1 aliphatic rings. The largest absolute Gasteiger partial charge is 0.481 e. The van der Waals surface area contributed by atoms with Gasteiger partial charge in [-0.05, 0) is 24.5 Å². The quantitative estimate of drug-likeness (QED) is 0.676. The average Bonchev–Trinajstić information content (AvgIpc) is 2.47. The molecule has 2 rings (SSSR count). The van der Waals surface area contributed by atoms with Crippen molar-refractivity contribution in [1.82, 2.24) is 4.98 Å². The molecule has 0 unspecified atom stereocenters. The van der Waals surface area contributed by atoms with Gasteiger partial charge in [-0.15, -0.1) is 0 Å². The van der Waals surface area contributed by atoms with Crippen molar-refractivity contribution in [2.75, 3.05) is 0 Å². The molecule has 1 N–H and O–H groups in total. The molecule has 0 amide bonds. The number of hydrogen-bond donors (Lipinski definition) is 1. The summed E-state index contributed by atoms with van der Waals surface area (Å²) in [6.07, 6.45) is 3.20. The number of pyridine rings is 1. The number of nitrogens with zero attached hydrogens (tertiary/aromatic N) is 1. The molecular formula is C9H9NO2. The molecule has 62 valence electrons. The molecule has 3 nitrogen and oxygen atoms in total. The maximum absolute atomic E-state index is 10.7. The van der Waals surface area contributed by atoms with Crippen LogP contribution in [0.15, 0.2) is 18.3 Å². The monoisotopic (exact) mass is 163 g/mol. The minimum atomic E-state index is -0.757. The van der Waals surface area contributed by atoms with E-state index in [0.717, 1.165) is 17.7 Å². The summed E-state index contributed by atoms with van der Waals surface area (Å²) < 4.78 is 0. The van der Waals surface area contributed by atoms with E-state index in [9.17, 15) is 4.79 Å². The van der Waals surface area contributed by atoms with Crippen LogP contribution >= 0.6 is 0 Å². The van der Waals surface area contributed by atoms with Crippen molar-refractivity contribution in [3.05, 3.63) is 29.6 Å². The highest BCUT2D eigenvalue weighted by Crippen LogP contribution is 2.30. The molecule has 0 aromatic carbocycles. The van der Waals surface area contributed by atoms with E-state index in [1.165, 1.54) is 0 Å². The number of carboxylic acids is 1. The van der Waals surface area contributed by atoms with Gasteiger partial charge in [0.2, 0.25) is 0 Å². The second-order valence-corrected chi connectivity index (χ2v) is 2.98. The van der Waals surface area contributed by atoms with Gasteiger partial charge >= 0.3 is 5.97 Å². The van der Waals surface area contributed by atoms with Gasteiger partial charge in [-0.25, -0.2) is 0 Å². The summed E-state index contributed by atoms with van der Waals surface area (Å²) in [5.74, 6) is -1.13. The summed E-state index contributed by atoms with van der Waals surface area (Å²) >= 11 is 0. The first kappa shape index (κ1) is 7.28. The molecule has 0 fully saturated rings. The van der Waals surface area contributed by atoms with Crippen molar-refractivity contribution >= 4 is 5.97 Å². The minimum Gasteiger partial charge on any atom is -0.481 e. The highest BCUT2D eigenvalue weighted by Gasteiger charge is 2.28. The number of carbonyl (C=O) groups is 1. The number of hydrogen-bond acceptors (Lipinski definition) is 2. The average molecular weight is 163 g/mol. The molecule has 0 spiro atoms. The van der Waals surface area contributed by atoms with E-state index in [-0.39, 0.29) is 5.92 Å². The molecule has 1 aromatic rings. The third-order valence-electron chi connectivity index (χ3n) is 2.26. The molecule has 0 radical (unpaired) electrons. The van der Waals surface area contributed by atoms with Gasteiger partial charge in [-0.1, -0.05) is 6.07 Å². The maximum Gasteiger partial charge on any atom is 0.312 e. The molecule has 1 aromatic heterocycles. The SMILES string of the molecule is O=C(O)[C@@H]1CCc2cccnc21. The first-order valence-electron chi connectivity index (χ1n) is 3.95. The Morgan fingerprint density at radius 2 is 2.50 bits per heavy atom. The Bertz CT molecular complexity index is 322. The molecule has 0 aliphatic heterocycles. The van der Waals surface area contributed by atoms with Crippen molar-refractivity contribution in [3.63, 3.8) is 0 Å². The highest BCUT2D eigenvalue weighted by molar-refractivity contribution is 5.76. The Morgan fingerprint density at radius 1 is 1.67 bits per heavy atom. The molecular weight excluding hydrogens is 154 g/mol. The molecule has 1 atom stereocenters. The standard InChI is InChI=1S/C9H9NO2/c11-9(12)7-4-3-6-2-1-5-10-8(6)7/h1-2,5,7H,3-4H2,(H,11,12)/t7-/m1/s1. The van der Waals surface area contributed by atoms with Crippen LogP contribution in [0.3, 0.4) is 0 Å². The summed E-state index contributed by atoms with van der Waals surface area (Å²) in [4.78, 5) is 14.8. The molecule has 1 heterocycles. The summed E-state index contributed by atoms with van der Waals surface area (Å²) in [6, 6.07) is 3.80. The Labute approximate surface area is 70.1 Å². The van der Waals surface area contributed by atoms with Crippen LogP contribution in [0.4, 0.5) is 0 Å². The topological polar surface area (TPSA) is 50.2 Å². The Hall–Kier alpha value is -1.38. The number of aryl methyl sites for hydroxylation is 1. The van der Waals surface area contributed by atoms with Gasteiger partial charge < -0.3 is 5.11 Å². The van der Waals surface area contributed by atoms with E-state index >= 15 is 0 Å². The van der Waals surface area contributed by atoms with Gasteiger partial charge in [0, 0.05) is 6.20 Å². The number of rotatable bonds is 1. The zero-order chi connectivity index (χ0) is 8.55. The molecule has 0 bridgehead atoms. The highest BCUT2D eigenvalue weighted by atomic mass is 16.4. The third-order valence-corrected chi connectivity index (χ3v) is 2.26.